The minimum absolute atomic E-state index is 0.387. The van der Waals surface area contributed by atoms with Gasteiger partial charge in [-0.05, 0) is 31.7 Å². The second kappa shape index (κ2) is 5.40. The molecule has 2 aromatic heterocycles. The first-order valence-electron chi connectivity index (χ1n) is 5.87. The number of hydrogen-bond donors (Lipinski definition) is 1. The molecule has 17 heavy (non-hydrogen) atoms. The predicted molar refractivity (Wildman–Crippen MR) is 73.8 cm³/mol. The van der Waals surface area contributed by atoms with Gasteiger partial charge in [-0.15, -0.1) is 5.10 Å². The Morgan fingerprint density at radius 3 is 3.00 bits per heavy atom. The van der Waals surface area contributed by atoms with E-state index >= 15 is 0 Å². The number of rotatable bonds is 5. The van der Waals surface area contributed by atoms with Gasteiger partial charge >= 0.3 is 0 Å². The molecule has 1 unspecified atom stereocenters. The maximum atomic E-state index is 4.45. The van der Waals surface area contributed by atoms with Crippen molar-refractivity contribution in [3.8, 4) is 0 Å². The second-order valence-corrected chi connectivity index (χ2v) is 5.40. The number of nitrogens with one attached hydrogen (secondary N) is 1. The normalized spacial score (nSPS) is 12.9. The topological polar surface area (TPSA) is 42.2 Å². The van der Waals surface area contributed by atoms with E-state index in [1.165, 1.54) is 0 Å². The molecule has 1 N–H and O–H groups in total. The Morgan fingerprint density at radius 2 is 2.29 bits per heavy atom. The van der Waals surface area contributed by atoms with Crippen LogP contribution in [0.2, 0.25) is 0 Å². The predicted octanol–water partition coefficient (Wildman–Crippen LogP) is 2.59. The highest BCUT2D eigenvalue weighted by Crippen LogP contribution is 2.10. The van der Waals surface area contributed by atoms with Gasteiger partial charge in [0.15, 0.2) is 5.65 Å². The molecule has 2 aromatic rings. The third-order valence-corrected chi connectivity index (χ3v) is 3.64. The van der Waals surface area contributed by atoms with E-state index in [1.807, 2.05) is 41.4 Å². The van der Waals surface area contributed by atoms with Crippen molar-refractivity contribution in [2.45, 2.75) is 26.8 Å². The van der Waals surface area contributed by atoms with Gasteiger partial charge in [-0.2, -0.15) is 16.7 Å². The lowest BCUT2D eigenvalue weighted by Crippen LogP contribution is -2.19. The molecule has 0 radical (unpaired) electrons. The Balaban J connectivity index is 2.11. The van der Waals surface area contributed by atoms with Gasteiger partial charge in [0.1, 0.15) is 0 Å². The number of fused-ring (bicyclic) bond motifs is 1. The van der Waals surface area contributed by atoms with Crippen LogP contribution in [-0.2, 0) is 0 Å². The van der Waals surface area contributed by atoms with Crippen molar-refractivity contribution in [1.29, 1.82) is 0 Å². The molecule has 92 valence electrons. The van der Waals surface area contributed by atoms with Crippen molar-refractivity contribution < 1.29 is 0 Å². The van der Waals surface area contributed by atoms with Crippen LogP contribution in [-0.4, -0.2) is 32.1 Å². The monoisotopic (exact) mass is 250 g/mol. The molecule has 0 spiro atoms. The van der Waals surface area contributed by atoms with Crippen LogP contribution < -0.4 is 5.32 Å². The van der Waals surface area contributed by atoms with E-state index in [-0.39, 0.29) is 0 Å². The third-order valence-electron chi connectivity index (χ3n) is 2.50. The van der Waals surface area contributed by atoms with Gasteiger partial charge in [0, 0.05) is 17.5 Å². The molecule has 0 fully saturated rings. The van der Waals surface area contributed by atoms with E-state index in [9.17, 15) is 0 Å². The maximum Gasteiger partial charge on any atom is 0.243 e. The average molecular weight is 250 g/mol. The van der Waals surface area contributed by atoms with Gasteiger partial charge in [-0.25, -0.2) is 4.52 Å². The SMILES string of the molecule is CCSCC(C)Nc1nc2cccc(C)n2n1. The zero-order valence-electron chi connectivity index (χ0n) is 10.5. The smallest absolute Gasteiger partial charge is 0.243 e. The largest absolute Gasteiger partial charge is 0.350 e. The van der Waals surface area contributed by atoms with E-state index in [4.69, 9.17) is 0 Å². The summed E-state index contributed by atoms with van der Waals surface area (Å²) in [5.74, 6) is 2.93. The molecule has 0 amide bonds. The lowest BCUT2D eigenvalue weighted by molar-refractivity contribution is 0.864. The number of thioether (sulfide) groups is 1. The highest BCUT2D eigenvalue weighted by molar-refractivity contribution is 7.99. The fourth-order valence-electron chi connectivity index (χ4n) is 1.65. The summed E-state index contributed by atoms with van der Waals surface area (Å²) >= 11 is 1.92. The van der Waals surface area contributed by atoms with Crippen LogP contribution in [0.15, 0.2) is 18.2 Å². The van der Waals surface area contributed by atoms with E-state index < -0.39 is 0 Å². The first-order valence-corrected chi connectivity index (χ1v) is 7.03. The van der Waals surface area contributed by atoms with Gasteiger partial charge in [0.2, 0.25) is 5.95 Å². The molecular weight excluding hydrogens is 232 g/mol. The summed E-state index contributed by atoms with van der Waals surface area (Å²) in [4.78, 5) is 4.45. The first kappa shape index (κ1) is 12.2. The molecule has 0 saturated carbocycles. The van der Waals surface area contributed by atoms with Crippen LogP contribution in [0.4, 0.5) is 5.95 Å². The highest BCUT2D eigenvalue weighted by atomic mass is 32.2. The lowest BCUT2D eigenvalue weighted by atomic mass is 10.4. The molecule has 2 rings (SSSR count). The van der Waals surface area contributed by atoms with E-state index in [0.29, 0.717) is 12.0 Å². The molecule has 0 saturated heterocycles. The van der Waals surface area contributed by atoms with E-state index in [2.05, 4.69) is 29.2 Å². The second-order valence-electron chi connectivity index (χ2n) is 4.08. The van der Waals surface area contributed by atoms with E-state index in [0.717, 1.165) is 22.8 Å². The Hall–Kier alpha value is -1.23. The van der Waals surface area contributed by atoms with Crippen LogP contribution in [0.5, 0.6) is 0 Å². The Morgan fingerprint density at radius 1 is 1.47 bits per heavy atom. The quantitative estimate of drug-likeness (QED) is 0.885. The molecule has 0 aliphatic carbocycles. The van der Waals surface area contributed by atoms with Crippen molar-refractivity contribution in [3.63, 3.8) is 0 Å². The summed E-state index contributed by atoms with van der Waals surface area (Å²) < 4.78 is 1.86. The van der Waals surface area contributed by atoms with Crippen LogP contribution in [0.25, 0.3) is 5.65 Å². The van der Waals surface area contributed by atoms with Crippen LogP contribution in [0, 0.1) is 6.92 Å². The standard InChI is InChI=1S/C12H18N4S/c1-4-17-8-9(2)13-12-14-11-7-5-6-10(3)16(11)15-12/h5-7,9H,4,8H2,1-3H3,(H,13,15). The number of anilines is 1. The van der Waals surface area contributed by atoms with Crippen molar-refractivity contribution in [1.82, 2.24) is 14.6 Å². The molecule has 2 heterocycles. The summed E-state index contributed by atoms with van der Waals surface area (Å²) in [5, 5.41) is 7.77. The van der Waals surface area contributed by atoms with Crippen molar-refractivity contribution in [2.75, 3.05) is 16.8 Å². The number of aromatic nitrogens is 3. The molecular formula is C12H18N4S. The highest BCUT2D eigenvalue weighted by Gasteiger charge is 2.07. The molecule has 0 aromatic carbocycles. The first-order chi connectivity index (χ1) is 8.20. The summed E-state index contributed by atoms with van der Waals surface area (Å²) in [6.07, 6.45) is 0. The fraction of sp³-hybridized carbons (Fsp3) is 0.500. The lowest BCUT2D eigenvalue weighted by Gasteiger charge is -2.10. The van der Waals surface area contributed by atoms with Crippen LogP contribution in [0.1, 0.15) is 19.5 Å². The van der Waals surface area contributed by atoms with Crippen molar-refractivity contribution in [3.05, 3.63) is 23.9 Å². The van der Waals surface area contributed by atoms with Gasteiger partial charge < -0.3 is 5.32 Å². The number of aryl methyl sites for hydroxylation is 1. The average Bonchev–Trinajstić information content (AvgIpc) is 2.70. The Labute approximate surface area is 106 Å². The molecule has 5 heteroatoms. The van der Waals surface area contributed by atoms with Crippen molar-refractivity contribution >= 4 is 23.4 Å². The summed E-state index contributed by atoms with van der Waals surface area (Å²) in [7, 11) is 0. The van der Waals surface area contributed by atoms with Gasteiger partial charge in [0.25, 0.3) is 0 Å². The minimum Gasteiger partial charge on any atom is -0.350 e. The molecule has 4 nitrogen and oxygen atoms in total. The number of nitrogens with zero attached hydrogens (tertiary/aromatic N) is 3. The third kappa shape index (κ3) is 2.91. The Kier molecular flexibility index (Phi) is 3.89. The van der Waals surface area contributed by atoms with Crippen molar-refractivity contribution in [2.24, 2.45) is 0 Å². The van der Waals surface area contributed by atoms with Gasteiger partial charge in [0.05, 0.1) is 0 Å². The zero-order chi connectivity index (χ0) is 12.3. The molecule has 0 aliphatic heterocycles. The number of hydrogen-bond acceptors (Lipinski definition) is 4. The van der Waals surface area contributed by atoms with E-state index in [1.54, 1.807) is 0 Å². The summed E-state index contributed by atoms with van der Waals surface area (Å²) in [6, 6.07) is 6.38. The summed E-state index contributed by atoms with van der Waals surface area (Å²) in [6.45, 7) is 6.35. The molecule has 0 aliphatic rings. The maximum absolute atomic E-state index is 4.45. The minimum atomic E-state index is 0.387. The fourth-order valence-corrected chi connectivity index (χ4v) is 2.33. The van der Waals surface area contributed by atoms with Gasteiger partial charge in [-0.1, -0.05) is 13.0 Å². The summed E-state index contributed by atoms with van der Waals surface area (Å²) in [5.41, 5.74) is 1.99. The van der Waals surface area contributed by atoms with Gasteiger partial charge in [-0.3, -0.25) is 0 Å². The zero-order valence-corrected chi connectivity index (χ0v) is 11.3. The molecule has 1 atom stereocenters. The molecule has 0 bridgehead atoms. The van der Waals surface area contributed by atoms with Crippen LogP contribution in [0.3, 0.4) is 0 Å². The van der Waals surface area contributed by atoms with Crippen LogP contribution >= 0.6 is 11.8 Å². The number of pyridine rings is 1. The Bertz CT molecular complexity index is 494.